The maximum atomic E-state index is 14.6. The number of halogens is 1. The average Bonchev–Trinajstić information content (AvgIpc) is 2.78. The second-order valence-corrected chi connectivity index (χ2v) is 11.3. The molecule has 0 radical (unpaired) electrons. The summed E-state index contributed by atoms with van der Waals surface area (Å²) in [6, 6.07) is 19.3. The van der Waals surface area contributed by atoms with E-state index in [1.165, 1.54) is 42.0 Å². The van der Waals surface area contributed by atoms with Gasteiger partial charge >= 0.3 is 0 Å². The molecule has 1 atom stereocenters. The summed E-state index contributed by atoms with van der Waals surface area (Å²) >= 11 is 0. The minimum Gasteiger partial charge on any atom is -0.348 e. The van der Waals surface area contributed by atoms with Gasteiger partial charge in [0.05, 0.1) is 16.6 Å². The van der Waals surface area contributed by atoms with E-state index in [0.29, 0.717) is 0 Å². The number of para-hydroxylation sites is 1. The zero-order chi connectivity index (χ0) is 25.1. The Kier molecular flexibility index (Phi) is 7.46. The number of nitrogens with one attached hydrogen (secondary N) is 1. The predicted molar refractivity (Wildman–Crippen MR) is 134 cm³/mol. The molecule has 0 spiro atoms. The second-order valence-electron chi connectivity index (χ2n) is 9.44. The number of carbonyl (C=O) groups is 1. The van der Waals surface area contributed by atoms with Crippen LogP contribution in [-0.4, -0.2) is 20.9 Å². The van der Waals surface area contributed by atoms with Crippen LogP contribution in [0.1, 0.15) is 50.4 Å². The van der Waals surface area contributed by atoms with Crippen LogP contribution in [0, 0.1) is 12.7 Å². The summed E-state index contributed by atoms with van der Waals surface area (Å²) in [6.45, 7) is 9.48. The van der Waals surface area contributed by atoms with Gasteiger partial charge in [0.15, 0.2) is 0 Å². The van der Waals surface area contributed by atoms with E-state index in [2.05, 4.69) is 26.1 Å². The van der Waals surface area contributed by atoms with Crippen LogP contribution in [0.15, 0.2) is 77.7 Å². The first-order valence-corrected chi connectivity index (χ1v) is 12.6. The van der Waals surface area contributed by atoms with Gasteiger partial charge in [0.2, 0.25) is 5.91 Å². The smallest absolute Gasteiger partial charge is 0.264 e. The summed E-state index contributed by atoms with van der Waals surface area (Å²) in [5.41, 5.74) is 2.78. The van der Waals surface area contributed by atoms with Crippen molar-refractivity contribution in [2.24, 2.45) is 0 Å². The third kappa shape index (κ3) is 5.83. The molecule has 3 aromatic rings. The predicted octanol–water partition coefficient (Wildman–Crippen LogP) is 5.50. The lowest BCUT2D eigenvalue weighted by molar-refractivity contribution is -0.120. The maximum Gasteiger partial charge on any atom is 0.264 e. The van der Waals surface area contributed by atoms with Gasteiger partial charge in [0, 0.05) is 0 Å². The monoisotopic (exact) mass is 482 g/mol. The molecule has 0 bridgehead atoms. The molecule has 3 rings (SSSR count). The molecule has 1 amide bonds. The maximum absolute atomic E-state index is 14.6. The molecule has 0 fully saturated rings. The van der Waals surface area contributed by atoms with Crippen molar-refractivity contribution in [2.75, 3.05) is 10.8 Å². The Morgan fingerprint density at radius 1 is 0.971 bits per heavy atom. The molecule has 180 valence electrons. The molecule has 0 aliphatic carbocycles. The number of sulfonamides is 1. The number of nitrogens with zero attached hydrogens (tertiary/aromatic N) is 1. The van der Waals surface area contributed by atoms with E-state index in [9.17, 15) is 17.6 Å². The minimum atomic E-state index is -4.18. The second kappa shape index (κ2) is 9.97. The standard InChI is InChI=1S/C27H31FN2O3S/c1-19-10-16-23(17-11-19)34(32,33)30(25-9-7-6-8-24(25)28)18-26(31)29-20(2)21-12-14-22(15-13-21)27(3,4)5/h6-17,20H,18H2,1-5H3,(H,29,31)/t20-/m0/s1. The van der Waals surface area contributed by atoms with Crippen molar-refractivity contribution >= 4 is 21.6 Å². The van der Waals surface area contributed by atoms with E-state index in [1.54, 1.807) is 12.1 Å². The number of benzene rings is 3. The van der Waals surface area contributed by atoms with E-state index in [-0.39, 0.29) is 22.0 Å². The molecule has 0 unspecified atom stereocenters. The van der Waals surface area contributed by atoms with Crippen molar-refractivity contribution < 1.29 is 17.6 Å². The van der Waals surface area contributed by atoms with Crippen LogP contribution in [0.25, 0.3) is 0 Å². The number of hydrogen-bond acceptors (Lipinski definition) is 3. The molecule has 0 saturated carbocycles. The SMILES string of the molecule is Cc1ccc(S(=O)(=O)N(CC(=O)N[C@@H](C)c2ccc(C(C)(C)C)cc2)c2ccccc2F)cc1. The van der Waals surface area contributed by atoms with Crippen LogP contribution in [0.5, 0.6) is 0 Å². The molecular weight excluding hydrogens is 451 g/mol. The molecule has 0 aliphatic rings. The first kappa shape index (κ1) is 25.4. The topological polar surface area (TPSA) is 66.5 Å². The van der Waals surface area contributed by atoms with Crippen LogP contribution in [-0.2, 0) is 20.2 Å². The van der Waals surface area contributed by atoms with Crippen molar-refractivity contribution in [3.05, 3.63) is 95.3 Å². The van der Waals surface area contributed by atoms with Crippen molar-refractivity contribution in [1.82, 2.24) is 5.32 Å². The zero-order valence-electron chi connectivity index (χ0n) is 20.2. The lowest BCUT2D eigenvalue weighted by Gasteiger charge is -2.25. The molecule has 3 aromatic carbocycles. The third-order valence-corrected chi connectivity index (χ3v) is 7.45. The van der Waals surface area contributed by atoms with Crippen molar-refractivity contribution in [2.45, 2.75) is 51.0 Å². The third-order valence-electron chi connectivity index (χ3n) is 5.67. The highest BCUT2D eigenvalue weighted by Gasteiger charge is 2.29. The van der Waals surface area contributed by atoms with Crippen LogP contribution in [0.2, 0.25) is 0 Å². The van der Waals surface area contributed by atoms with E-state index >= 15 is 0 Å². The van der Waals surface area contributed by atoms with E-state index in [0.717, 1.165) is 15.4 Å². The number of rotatable bonds is 7. The Morgan fingerprint density at radius 3 is 2.12 bits per heavy atom. The Bertz CT molecular complexity index is 1250. The molecule has 5 nitrogen and oxygen atoms in total. The fraction of sp³-hybridized carbons (Fsp3) is 0.296. The summed E-state index contributed by atoms with van der Waals surface area (Å²) < 4.78 is 42.2. The van der Waals surface area contributed by atoms with Gasteiger partial charge in [-0.25, -0.2) is 12.8 Å². The van der Waals surface area contributed by atoms with Crippen LogP contribution in [0.3, 0.4) is 0 Å². The lowest BCUT2D eigenvalue weighted by Crippen LogP contribution is -2.42. The zero-order valence-corrected chi connectivity index (χ0v) is 21.0. The summed E-state index contributed by atoms with van der Waals surface area (Å²) in [5.74, 6) is -1.26. The quantitative estimate of drug-likeness (QED) is 0.483. The van der Waals surface area contributed by atoms with Gasteiger partial charge in [-0.15, -0.1) is 0 Å². The van der Waals surface area contributed by atoms with Gasteiger partial charge in [-0.2, -0.15) is 0 Å². The van der Waals surface area contributed by atoms with Crippen LogP contribution < -0.4 is 9.62 Å². The Hall–Kier alpha value is -3.19. The van der Waals surface area contributed by atoms with Gasteiger partial charge in [-0.1, -0.05) is 74.9 Å². The van der Waals surface area contributed by atoms with Crippen molar-refractivity contribution in [3.8, 4) is 0 Å². The Balaban J connectivity index is 1.86. The summed E-state index contributed by atoms with van der Waals surface area (Å²) in [5, 5.41) is 2.84. The Morgan fingerprint density at radius 2 is 1.56 bits per heavy atom. The Labute approximate surface area is 201 Å². The molecule has 1 N–H and O–H groups in total. The number of hydrogen-bond donors (Lipinski definition) is 1. The number of aryl methyl sites for hydroxylation is 1. The van der Waals surface area contributed by atoms with Gasteiger partial charge < -0.3 is 5.32 Å². The highest BCUT2D eigenvalue weighted by atomic mass is 32.2. The molecule has 0 heterocycles. The van der Waals surface area contributed by atoms with Gasteiger partial charge in [0.1, 0.15) is 12.4 Å². The molecule has 7 heteroatoms. The number of amides is 1. The summed E-state index contributed by atoms with van der Waals surface area (Å²) in [4.78, 5) is 12.9. The first-order valence-electron chi connectivity index (χ1n) is 11.1. The van der Waals surface area contributed by atoms with Gasteiger partial charge in [-0.3, -0.25) is 9.10 Å². The number of anilines is 1. The van der Waals surface area contributed by atoms with E-state index < -0.39 is 28.3 Å². The fourth-order valence-electron chi connectivity index (χ4n) is 3.56. The van der Waals surface area contributed by atoms with Crippen LogP contribution >= 0.6 is 0 Å². The molecular formula is C27H31FN2O3S. The minimum absolute atomic E-state index is 0.00954. The fourth-order valence-corrected chi connectivity index (χ4v) is 4.99. The first-order chi connectivity index (χ1) is 15.9. The van der Waals surface area contributed by atoms with Gasteiger partial charge in [0.25, 0.3) is 10.0 Å². The normalized spacial score (nSPS) is 12.8. The summed E-state index contributed by atoms with van der Waals surface area (Å²) in [6.07, 6.45) is 0. The molecule has 0 aromatic heterocycles. The highest BCUT2D eigenvalue weighted by Crippen LogP contribution is 2.27. The van der Waals surface area contributed by atoms with Crippen molar-refractivity contribution in [1.29, 1.82) is 0 Å². The van der Waals surface area contributed by atoms with Crippen LogP contribution in [0.4, 0.5) is 10.1 Å². The lowest BCUT2D eigenvalue weighted by atomic mass is 9.86. The molecule has 0 saturated heterocycles. The van der Waals surface area contributed by atoms with Gasteiger partial charge in [-0.05, 0) is 54.7 Å². The average molecular weight is 483 g/mol. The van der Waals surface area contributed by atoms with E-state index in [4.69, 9.17) is 0 Å². The molecule has 34 heavy (non-hydrogen) atoms. The van der Waals surface area contributed by atoms with Crippen molar-refractivity contribution in [3.63, 3.8) is 0 Å². The summed E-state index contributed by atoms with van der Waals surface area (Å²) in [7, 11) is -4.18. The largest absolute Gasteiger partial charge is 0.348 e. The van der Waals surface area contributed by atoms with E-state index in [1.807, 2.05) is 38.1 Å². The molecule has 0 aliphatic heterocycles. The number of carbonyl (C=O) groups excluding carboxylic acids is 1. The highest BCUT2D eigenvalue weighted by molar-refractivity contribution is 7.92.